The molecule has 7 nitrogen and oxygen atoms in total. The number of carboxylic acids is 1. The Morgan fingerprint density at radius 2 is 1.73 bits per heavy atom. The Hall–Kier alpha value is -4.95. The number of halogens is 1. The zero-order valence-electron chi connectivity index (χ0n) is 25.3. The van der Waals surface area contributed by atoms with Gasteiger partial charge >= 0.3 is 5.97 Å². The number of carbonyl (C=O) groups is 1. The van der Waals surface area contributed by atoms with Gasteiger partial charge in [-0.1, -0.05) is 67.6 Å². The number of hydrogen-bond acceptors (Lipinski definition) is 4. The summed E-state index contributed by atoms with van der Waals surface area (Å²) in [5.74, 6) is -0.670. The Kier molecular flexibility index (Phi) is 7.59. The van der Waals surface area contributed by atoms with Crippen LogP contribution in [0.4, 0.5) is 4.39 Å². The van der Waals surface area contributed by atoms with Gasteiger partial charge in [-0.3, -0.25) is 4.68 Å². The van der Waals surface area contributed by atoms with Gasteiger partial charge in [0, 0.05) is 41.2 Å². The first-order chi connectivity index (χ1) is 22.0. The lowest BCUT2D eigenvalue weighted by Crippen LogP contribution is -2.13. The molecule has 228 valence electrons. The zero-order valence-corrected chi connectivity index (χ0v) is 25.3. The second-order valence-electron chi connectivity index (χ2n) is 11.5. The van der Waals surface area contributed by atoms with E-state index in [4.69, 9.17) is 14.6 Å². The fourth-order valence-corrected chi connectivity index (χ4v) is 6.83. The van der Waals surface area contributed by atoms with E-state index in [1.165, 1.54) is 6.07 Å². The summed E-state index contributed by atoms with van der Waals surface area (Å²) >= 11 is 0. The highest BCUT2D eigenvalue weighted by atomic mass is 19.1. The molecule has 0 saturated carbocycles. The van der Waals surface area contributed by atoms with E-state index in [2.05, 4.69) is 0 Å². The first-order valence-electron chi connectivity index (χ1n) is 15.3. The highest BCUT2D eigenvalue weighted by Gasteiger charge is 2.30. The van der Waals surface area contributed by atoms with E-state index in [1.54, 1.807) is 15.3 Å². The molecule has 1 aliphatic rings. The van der Waals surface area contributed by atoms with Gasteiger partial charge in [-0.15, -0.1) is 0 Å². The van der Waals surface area contributed by atoms with Crippen LogP contribution < -0.4 is 4.74 Å². The summed E-state index contributed by atoms with van der Waals surface area (Å²) in [5, 5.41) is 18.3. The van der Waals surface area contributed by atoms with Crippen LogP contribution in [-0.4, -0.2) is 32.0 Å². The number of rotatable bonds is 7. The molecule has 0 spiro atoms. The first-order valence-corrected chi connectivity index (χ1v) is 15.3. The smallest absolute Gasteiger partial charge is 0.352 e. The average molecular weight is 604 g/mol. The summed E-state index contributed by atoms with van der Waals surface area (Å²) in [6.45, 7) is 3.22. The van der Waals surface area contributed by atoms with E-state index in [1.807, 2.05) is 80.7 Å². The molecule has 3 heterocycles. The molecule has 2 aromatic heterocycles. The summed E-state index contributed by atoms with van der Waals surface area (Å²) in [5.41, 5.74) is 5.84. The molecular weight excluding hydrogens is 569 g/mol. The first kappa shape index (κ1) is 28.8. The van der Waals surface area contributed by atoms with Crippen LogP contribution in [0.1, 0.15) is 51.9 Å². The molecule has 0 fully saturated rings. The van der Waals surface area contributed by atoms with Crippen LogP contribution >= 0.6 is 0 Å². The van der Waals surface area contributed by atoms with Gasteiger partial charge < -0.3 is 19.1 Å². The maximum absolute atomic E-state index is 16.2. The summed E-state index contributed by atoms with van der Waals surface area (Å²) in [4.78, 5) is 13.1. The minimum absolute atomic E-state index is 0.167. The molecule has 1 N–H and O–H groups in total. The van der Waals surface area contributed by atoms with Gasteiger partial charge in [0.25, 0.3) is 0 Å². The van der Waals surface area contributed by atoms with Crippen molar-refractivity contribution in [2.75, 3.05) is 6.61 Å². The lowest BCUT2D eigenvalue weighted by Gasteiger charge is -2.15. The third-order valence-electron chi connectivity index (χ3n) is 8.83. The quantitative estimate of drug-likeness (QED) is 0.189. The molecule has 0 radical (unpaired) electrons. The van der Waals surface area contributed by atoms with Crippen LogP contribution in [0, 0.1) is 5.82 Å². The summed E-state index contributed by atoms with van der Waals surface area (Å²) < 4.78 is 32.1. The number of fused-ring (bicyclic) bond motifs is 4. The maximum Gasteiger partial charge on any atom is 0.352 e. The fourth-order valence-electron chi connectivity index (χ4n) is 6.83. The molecule has 6 aromatic rings. The van der Waals surface area contributed by atoms with Gasteiger partial charge in [0.1, 0.15) is 17.3 Å². The van der Waals surface area contributed by atoms with Crippen molar-refractivity contribution in [2.24, 2.45) is 7.05 Å². The standard InChI is InChI=1S/C37H34FN3O4/c1-3-31-34-30(39-40(31)2)22-44-21-25-12-5-4-11-24(25)20-41-35-28(17-18-29(38)33(34)35)27(36(41)37(42)43)15-9-19-45-32-16-8-13-23-10-6-7-14-26(23)32/h4-8,10-14,16-18H,3,9,15,19-22H2,1-2H3,(H,42,43). The zero-order chi connectivity index (χ0) is 31.1. The number of aryl methyl sites for hydroxylation is 2. The Morgan fingerprint density at radius 1 is 0.956 bits per heavy atom. The Balaban J connectivity index is 1.38. The molecule has 0 amide bonds. The predicted molar refractivity (Wildman–Crippen MR) is 172 cm³/mol. The second kappa shape index (κ2) is 11.9. The lowest BCUT2D eigenvalue weighted by molar-refractivity contribution is 0.0684. The SMILES string of the molecule is CCc1c2c(nn1C)COCc1ccccc1Cn1c(C(=O)O)c(CCCOc3cccc4ccccc34)c3ccc(F)c-2c31. The molecule has 8 heteroatoms. The minimum Gasteiger partial charge on any atom is -0.493 e. The number of hydrogen-bond donors (Lipinski definition) is 1. The Morgan fingerprint density at radius 3 is 2.56 bits per heavy atom. The molecule has 0 saturated heterocycles. The van der Waals surface area contributed by atoms with E-state index in [-0.39, 0.29) is 18.8 Å². The topological polar surface area (TPSA) is 78.5 Å². The number of aromatic carboxylic acids is 1. The number of ether oxygens (including phenoxy) is 2. The predicted octanol–water partition coefficient (Wildman–Crippen LogP) is 7.68. The van der Waals surface area contributed by atoms with Gasteiger partial charge in [-0.05, 0) is 59.5 Å². The van der Waals surface area contributed by atoms with Crippen LogP contribution in [-0.2, 0) is 44.4 Å². The van der Waals surface area contributed by atoms with Crippen LogP contribution in [0.2, 0.25) is 0 Å². The third-order valence-corrected chi connectivity index (χ3v) is 8.83. The van der Waals surface area contributed by atoms with Gasteiger partial charge in [0.05, 0.1) is 31.0 Å². The van der Waals surface area contributed by atoms with Crippen molar-refractivity contribution >= 4 is 27.6 Å². The maximum atomic E-state index is 16.2. The molecule has 7 rings (SSSR count). The molecular formula is C37H34FN3O4. The van der Waals surface area contributed by atoms with E-state index < -0.39 is 11.8 Å². The number of benzene rings is 4. The Labute approximate surface area is 260 Å². The highest BCUT2D eigenvalue weighted by Crippen LogP contribution is 2.41. The van der Waals surface area contributed by atoms with Gasteiger partial charge in [-0.2, -0.15) is 5.10 Å². The second-order valence-corrected chi connectivity index (χ2v) is 11.5. The van der Waals surface area contributed by atoms with Crippen LogP contribution in [0.5, 0.6) is 5.75 Å². The van der Waals surface area contributed by atoms with Crippen molar-refractivity contribution in [2.45, 2.75) is 45.9 Å². The normalized spacial score (nSPS) is 13.0. The largest absolute Gasteiger partial charge is 0.493 e. The van der Waals surface area contributed by atoms with Gasteiger partial charge in [-0.25, -0.2) is 9.18 Å². The molecule has 4 aromatic carbocycles. The minimum atomic E-state index is -1.05. The van der Waals surface area contributed by atoms with Gasteiger partial charge in [0.15, 0.2) is 0 Å². The number of nitrogens with zero attached hydrogens (tertiary/aromatic N) is 3. The summed E-state index contributed by atoms with van der Waals surface area (Å²) in [6.07, 6.45) is 1.66. The van der Waals surface area contributed by atoms with E-state index in [9.17, 15) is 9.90 Å². The fraction of sp³-hybridized carbons (Fsp3) is 0.243. The monoisotopic (exact) mass is 603 g/mol. The van der Waals surface area contributed by atoms with Crippen LogP contribution in [0.25, 0.3) is 32.8 Å². The van der Waals surface area contributed by atoms with Gasteiger partial charge in [0.2, 0.25) is 0 Å². The summed E-state index contributed by atoms with van der Waals surface area (Å²) in [6, 6.07) is 25.1. The van der Waals surface area contributed by atoms with E-state index >= 15 is 4.39 Å². The molecule has 0 aliphatic carbocycles. The molecule has 1 aliphatic heterocycles. The van der Waals surface area contributed by atoms with Crippen molar-refractivity contribution in [3.8, 4) is 16.9 Å². The van der Waals surface area contributed by atoms with Crippen LogP contribution in [0.3, 0.4) is 0 Å². The molecule has 45 heavy (non-hydrogen) atoms. The molecule has 0 atom stereocenters. The number of carboxylic acid groups (broad SMARTS) is 1. The van der Waals surface area contributed by atoms with Crippen molar-refractivity contribution in [1.29, 1.82) is 0 Å². The summed E-state index contributed by atoms with van der Waals surface area (Å²) in [7, 11) is 1.86. The molecule has 0 unspecified atom stereocenters. The van der Waals surface area contributed by atoms with Crippen molar-refractivity contribution < 1.29 is 23.8 Å². The van der Waals surface area contributed by atoms with Crippen LogP contribution in [0.15, 0.2) is 78.9 Å². The Bertz CT molecular complexity index is 2070. The van der Waals surface area contributed by atoms with E-state index in [0.717, 1.165) is 38.7 Å². The van der Waals surface area contributed by atoms with Crippen molar-refractivity contribution in [1.82, 2.24) is 14.3 Å². The number of aromatic nitrogens is 3. The van der Waals surface area contributed by atoms with Crippen molar-refractivity contribution in [3.05, 3.63) is 118 Å². The molecule has 0 bridgehead atoms. The lowest BCUT2D eigenvalue weighted by atomic mass is 9.96. The third kappa shape index (κ3) is 5.05. The van der Waals surface area contributed by atoms with Crippen molar-refractivity contribution in [3.63, 3.8) is 0 Å². The average Bonchev–Trinajstić information content (AvgIpc) is 3.52. The van der Waals surface area contributed by atoms with E-state index in [0.29, 0.717) is 60.4 Å². The highest BCUT2D eigenvalue weighted by molar-refractivity contribution is 6.04.